The van der Waals surface area contributed by atoms with Crippen LogP contribution in [0.15, 0.2) is 71.6 Å². The van der Waals surface area contributed by atoms with Gasteiger partial charge in [-0.2, -0.15) is 0 Å². The van der Waals surface area contributed by atoms with Crippen LogP contribution >= 0.6 is 0 Å². The average molecular weight is 292 g/mol. The monoisotopic (exact) mass is 292 g/mol. The molecule has 0 spiro atoms. The van der Waals surface area contributed by atoms with E-state index in [0.717, 1.165) is 5.76 Å². The molecule has 0 aliphatic carbocycles. The minimum Gasteiger partial charge on any atom is -0.468 e. The van der Waals surface area contributed by atoms with E-state index in [1.807, 2.05) is 36.7 Å². The van der Waals surface area contributed by atoms with Crippen molar-refractivity contribution in [3.63, 3.8) is 0 Å². The summed E-state index contributed by atoms with van der Waals surface area (Å²) in [7, 11) is 0. The Morgan fingerprint density at radius 2 is 1.55 bits per heavy atom. The van der Waals surface area contributed by atoms with Crippen LogP contribution in [0.1, 0.15) is 37.3 Å². The van der Waals surface area contributed by atoms with E-state index in [-0.39, 0.29) is 12.1 Å². The summed E-state index contributed by atoms with van der Waals surface area (Å²) >= 11 is 0. The fourth-order valence-electron chi connectivity index (χ4n) is 2.60. The number of nitrogens with one attached hydrogen (secondary N) is 1. The van der Waals surface area contributed by atoms with Gasteiger partial charge in [0.15, 0.2) is 0 Å². The highest BCUT2D eigenvalue weighted by atomic mass is 16.3. The van der Waals surface area contributed by atoms with E-state index in [9.17, 15) is 0 Å². The van der Waals surface area contributed by atoms with Gasteiger partial charge in [-0.25, -0.2) is 0 Å². The summed E-state index contributed by atoms with van der Waals surface area (Å²) in [4.78, 5) is 4.05. The molecule has 0 aliphatic heterocycles. The fraction of sp³-hybridized carbons (Fsp3) is 0.211. The van der Waals surface area contributed by atoms with E-state index < -0.39 is 0 Å². The molecule has 2 atom stereocenters. The molecule has 1 aromatic carbocycles. The molecular weight excluding hydrogens is 272 g/mol. The summed E-state index contributed by atoms with van der Waals surface area (Å²) in [5.41, 5.74) is 3.65. The van der Waals surface area contributed by atoms with Crippen LogP contribution in [0, 0.1) is 0 Å². The van der Waals surface area contributed by atoms with Crippen molar-refractivity contribution in [2.24, 2.45) is 0 Å². The summed E-state index contributed by atoms with van der Waals surface area (Å²) in [5, 5.41) is 3.55. The van der Waals surface area contributed by atoms with E-state index in [0.29, 0.717) is 0 Å². The van der Waals surface area contributed by atoms with E-state index in [2.05, 4.69) is 48.4 Å². The van der Waals surface area contributed by atoms with E-state index >= 15 is 0 Å². The first kappa shape index (κ1) is 14.5. The first-order chi connectivity index (χ1) is 10.7. The lowest BCUT2D eigenvalue weighted by Crippen LogP contribution is -2.22. The maximum absolute atomic E-state index is 5.44. The number of furan rings is 1. The van der Waals surface area contributed by atoms with Crippen LogP contribution in [0.3, 0.4) is 0 Å². The molecule has 3 aromatic rings. The zero-order chi connectivity index (χ0) is 15.4. The molecule has 1 N–H and O–H groups in total. The topological polar surface area (TPSA) is 38.1 Å². The van der Waals surface area contributed by atoms with Gasteiger partial charge in [0.05, 0.1) is 12.3 Å². The summed E-state index contributed by atoms with van der Waals surface area (Å²) in [6.07, 6.45) is 5.35. The van der Waals surface area contributed by atoms with Crippen LogP contribution in [-0.2, 0) is 0 Å². The van der Waals surface area contributed by atoms with Gasteiger partial charge in [-0.15, -0.1) is 0 Å². The van der Waals surface area contributed by atoms with Crippen molar-refractivity contribution < 1.29 is 4.42 Å². The van der Waals surface area contributed by atoms with Gasteiger partial charge in [0.25, 0.3) is 0 Å². The molecule has 3 rings (SSSR count). The van der Waals surface area contributed by atoms with Gasteiger partial charge in [-0.1, -0.05) is 24.3 Å². The van der Waals surface area contributed by atoms with E-state index in [1.54, 1.807) is 6.26 Å². The second-order valence-corrected chi connectivity index (χ2v) is 5.48. The standard InChI is InChI=1S/C19H20N2O/c1-14(21-15(2)19-4-3-13-22-19)16-5-7-17(8-6-16)18-9-11-20-12-10-18/h3-15,21H,1-2H3/t14-,15-/m0/s1. The third-order valence-corrected chi connectivity index (χ3v) is 3.89. The third kappa shape index (κ3) is 3.26. The first-order valence-electron chi connectivity index (χ1n) is 7.54. The van der Waals surface area contributed by atoms with Crippen molar-refractivity contribution in [1.82, 2.24) is 10.3 Å². The molecule has 3 nitrogen and oxygen atoms in total. The molecule has 0 unspecified atom stereocenters. The number of rotatable bonds is 5. The molecule has 0 amide bonds. The van der Waals surface area contributed by atoms with Crippen molar-refractivity contribution in [2.45, 2.75) is 25.9 Å². The zero-order valence-electron chi connectivity index (χ0n) is 12.9. The molecular formula is C19H20N2O. The van der Waals surface area contributed by atoms with Crippen LogP contribution in [0.5, 0.6) is 0 Å². The molecule has 22 heavy (non-hydrogen) atoms. The predicted molar refractivity (Wildman–Crippen MR) is 88.3 cm³/mol. The SMILES string of the molecule is C[C@H](N[C@@H](C)c1ccco1)c1ccc(-c2ccncc2)cc1. The van der Waals surface area contributed by atoms with Gasteiger partial charge in [-0.3, -0.25) is 4.98 Å². The Kier molecular flexibility index (Phi) is 4.35. The molecule has 0 saturated carbocycles. The predicted octanol–water partition coefficient (Wildman–Crippen LogP) is 4.75. The van der Waals surface area contributed by atoms with Crippen molar-refractivity contribution in [3.8, 4) is 11.1 Å². The van der Waals surface area contributed by atoms with E-state index in [1.165, 1.54) is 16.7 Å². The molecule has 2 aromatic heterocycles. The largest absolute Gasteiger partial charge is 0.468 e. The molecule has 112 valence electrons. The molecule has 0 aliphatic rings. The Labute approximate surface area is 131 Å². The van der Waals surface area contributed by atoms with Gasteiger partial charge in [0, 0.05) is 18.4 Å². The van der Waals surface area contributed by atoms with Crippen molar-refractivity contribution in [1.29, 1.82) is 0 Å². The maximum atomic E-state index is 5.44. The van der Waals surface area contributed by atoms with Gasteiger partial charge in [0.2, 0.25) is 0 Å². The van der Waals surface area contributed by atoms with Crippen LogP contribution in [0.4, 0.5) is 0 Å². The number of nitrogens with zero attached hydrogens (tertiary/aromatic N) is 1. The normalized spacial score (nSPS) is 13.7. The first-order valence-corrected chi connectivity index (χ1v) is 7.54. The van der Waals surface area contributed by atoms with E-state index in [4.69, 9.17) is 4.42 Å². The van der Waals surface area contributed by atoms with Gasteiger partial charge >= 0.3 is 0 Å². The highest BCUT2D eigenvalue weighted by molar-refractivity contribution is 5.62. The number of pyridine rings is 1. The van der Waals surface area contributed by atoms with Gasteiger partial charge < -0.3 is 9.73 Å². The summed E-state index contributed by atoms with van der Waals surface area (Å²) in [6, 6.07) is 17.0. The molecule has 0 fully saturated rings. The minimum atomic E-state index is 0.185. The zero-order valence-corrected chi connectivity index (χ0v) is 12.9. The van der Waals surface area contributed by atoms with Crippen LogP contribution in [0.25, 0.3) is 11.1 Å². The highest BCUT2D eigenvalue weighted by Gasteiger charge is 2.13. The van der Waals surface area contributed by atoms with Crippen LogP contribution in [-0.4, -0.2) is 4.98 Å². The number of benzene rings is 1. The molecule has 0 bridgehead atoms. The summed E-state index contributed by atoms with van der Waals surface area (Å²) < 4.78 is 5.44. The Bertz CT molecular complexity index is 690. The number of aromatic nitrogens is 1. The van der Waals surface area contributed by atoms with Crippen LogP contribution < -0.4 is 5.32 Å². The second kappa shape index (κ2) is 6.58. The summed E-state index contributed by atoms with van der Waals surface area (Å²) in [5.74, 6) is 0.959. The quantitative estimate of drug-likeness (QED) is 0.737. The molecule has 3 heteroatoms. The third-order valence-electron chi connectivity index (χ3n) is 3.89. The molecule has 0 radical (unpaired) electrons. The second-order valence-electron chi connectivity index (χ2n) is 5.48. The Balaban J connectivity index is 1.70. The smallest absolute Gasteiger partial charge is 0.120 e. The Morgan fingerprint density at radius 1 is 0.864 bits per heavy atom. The average Bonchev–Trinajstić information content (AvgIpc) is 3.10. The minimum absolute atomic E-state index is 0.185. The Morgan fingerprint density at radius 3 is 2.18 bits per heavy atom. The van der Waals surface area contributed by atoms with Crippen molar-refractivity contribution in [2.75, 3.05) is 0 Å². The van der Waals surface area contributed by atoms with Gasteiger partial charge in [0.1, 0.15) is 5.76 Å². The number of hydrogen-bond acceptors (Lipinski definition) is 3. The fourth-order valence-corrected chi connectivity index (χ4v) is 2.60. The lowest BCUT2D eigenvalue weighted by Gasteiger charge is -2.19. The van der Waals surface area contributed by atoms with Gasteiger partial charge in [-0.05, 0) is 54.8 Å². The molecule has 2 heterocycles. The van der Waals surface area contributed by atoms with Crippen molar-refractivity contribution >= 4 is 0 Å². The highest BCUT2D eigenvalue weighted by Crippen LogP contribution is 2.23. The van der Waals surface area contributed by atoms with Crippen LogP contribution in [0.2, 0.25) is 0 Å². The lowest BCUT2D eigenvalue weighted by molar-refractivity contribution is 0.403. The summed E-state index contributed by atoms with van der Waals surface area (Å²) in [6.45, 7) is 4.28. The number of hydrogen-bond donors (Lipinski definition) is 1. The molecule has 0 saturated heterocycles. The van der Waals surface area contributed by atoms with Crippen molar-refractivity contribution in [3.05, 3.63) is 78.5 Å². The maximum Gasteiger partial charge on any atom is 0.120 e. The lowest BCUT2D eigenvalue weighted by atomic mass is 10.0. The Hall–Kier alpha value is -2.39.